The summed E-state index contributed by atoms with van der Waals surface area (Å²) in [4.78, 5) is 11.0. The molecule has 0 bridgehead atoms. The molecular formula is C95H60N6. The number of rotatable bonds is 10. The molecule has 6 nitrogen and oxygen atoms in total. The summed E-state index contributed by atoms with van der Waals surface area (Å²) in [6.45, 7) is 0. The molecule has 5 aromatic heterocycles. The van der Waals surface area contributed by atoms with E-state index in [-0.39, 0.29) is 5.92 Å². The van der Waals surface area contributed by atoms with E-state index in [0.717, 1.165) is 128 Å². The van der Waals surface area contributed by atoms with Crippen molar-refractivity contribution in [3.63, 3.8) is 0 Å². The first-order valence-corrected chi connectivity index (χ1v) is 34.7. The Morgan fingerprint density at radius 2 is 0.564 bits per heavy atom. The van der Waals surface area contributed by atoms with E-state index in [1.807, 2.05) is 0 Å². The van der Waals surface area contributed by atoms with Crippen LogP contribution >= 0.6 is 0 Å². The molecule has 0 aliphatic heterocycles. The number of hydrogen-bond donors (Lipinski definition) is 0. The molecule has 15 aromatic carbocycles. The predicted molar refractivity (Wildman–Crippen MR) is 419 cm³/mol. The van der Waals surface area contributed by atoms with Crippen molar-refractivity contribution in [3.05, 3.63) is 375 Å². The summed E-state index contributed by atoms with van der Waals surface area (Å²) in [5.74, 6) is 0.662. The van der Waals surface area contributed by atoms with E-state index < -0.39 is 0 Å². The van der Waals surface area contributed by atoms with E-state index in [0.29, 0.717) is 5.82 Å². The predicted octanol–water partition coefficient (Wildman–Crippen LogP) is 24.4. The van der Waals surface area contributed by atoms with Crippen LogP contribution in [0.2, 0.25) is 0 Å². The van der Waals surface area contributed by atoms with Crippen molar-refractivity contribution in [2.24, 2.45) is 0 Å². The monoisotopic (exact) mass is 1280 g/mol. The van der Waals surface area contributed by atoms with Gasteiger partial charge in [-0.2, -0.15) is 0 Å². The van der Waals surface area contributed by atoms with Gasteiger partial charge in [0.2, 0.25) is 0 Å². The first-order chi connectivity index (χ1) is 50.1. The lowest BCUT2D eigenvalue weighted by atomic mass is 9.86. The van der Waals surface area contributed by atoms with Gasteiger partial charge in [-0.15, -0.1) is 0 Å². The van der Waals surface area contributed by atoms with E-state index >= 15 is 0 Å². The summed E-state index contributed by atoms with van der Waals surface area (Å²) < 4.78 is 9.94. The summed E-state index contributed by atoms with van der Waals surface area (Å²) in [6.07, 6.45) is 0. The lowest BCUT2D eigenvalue weighted by molar-refractivity contribution is 1.02. The van der Waals surface area contributed by atoms with E-state index in [4.69, 9.17) is 9.97 Å². The van der Waals surface area contributed by atoms with E-state index in [2.05, 4.69) is 376 Å². The van der Waals surface area contributed by atoms with Gasteiger partial charge in [0.25, 0.3) is 0 Å². The Morgan fingerprint density at radius 3 is 1.03 bits per heavy atom. The van der Waals surface area contributed by atoms with Crippen molar-refractivity contribution in [1.29, 1.82) is 0 Å². The van der Waals surface area contributed by atoms with Crippen LogP contribution in [0.4, 0.5) is 0 Å². The van der Waals surface area contributed by atoms with Crippen LogP contribution in [0.15, 0.2) is 358 Å². The highest BCUT2D eigenvalue weighted by atomic mass is 15.0. The maximum atomic E-state index is 5.65. The molecule has 470 valence electrons. The third-order valence-corrected chi connectivity index (χ3v) is 21.2. The Hall–Kier alpha value is -13.4. The number of hydrogen-bond acceptors (Lipinski definition) is 2. The van der Waals surface area contributed by atoms with Crippen LogP contribution < -0.4 is 0 Å². The topological polar surface area (TPSA) is 45.5 Å². The molecule has 1 aliphatic rings. The van der Waals surface area contributed by atoms with Gasteiger partial charge >= 0.3 is 0 Å². The van der Waals surface area contributed by atoms with E-state index in [9.17, 15) is 0 Å². The molecule has 0 saturated carbocycles. The molecule has 0 atom stereocenters. The normalized spacial score (nSPS) is 12.3. The highest BCUT2D eigenvalue weighted by molar-refractivity contribution is 6.16. The lowest BCUT2D eigenvalue weighted by Gasteiger charge is -2.23. The largest absolute Gasteiger partial charge is 0.309 e. The van der Waals surface area contributed by atoms with Crippen molar-refractivity contribution < 1.29 is 0 Å². The summed E-state index contributed by atoms with van der Waals surface area (Å²) in [6, 6.07) is 132. The van der Waals surface area contributed by atoms with Gasteiger partial charge in [0.1, 0.15) is 0 Å². The minimum Gasteiger partial charge on any atom is -0.309 e. The van der Waals surface area contributed by atoms with Crippen LogP contribution in [-0.2, 0) is 0 Å². The molecule has 0 amide bonds. The fraction of sp³-hybridized carbons (Fsp3) is 0.0105. The van der Waals surface area contributed by atoms with E-state index in [1.165, 1.54) is 60.1 Å². The second-order valence-corrected chi connectivity index (χ2v) is 26.7. The average molecular weight is 1290 g/mol. The Kier molecular flexibility index (Phi) is 12.7. The van der Waals surface area contributed by atoms with Gasteiger partial charge in [-0.05, 0) is 142 Å². The van der Waals surface area contributed by atoms with Crippen molar-refractivity contribution in [3.8, 4) is 90.0 Å². The fourth-order valence-electron chi connectivity index (χ4n) is 16.9. The summed E-state index contributed by atoms with van der Waals surface area (Å²) >= 11 is 0. The first kappa shape index (κ1) is 56.7. The van der Waals surface area contributed by atoms with Crippen LogP contribution in [0.1, 0.15) is 22.6 Å². The molecule has 6 heteroatoms. The summed E-state index contributed by atoms with van der Waals surface area (Å²) in [7, 11) is 0. The number of fused-ring (bicyclic) bond motifs is 15. The molecule has 0 unspecified atom stereocenters. The van der Waals surface area contributed by atoms with Gasteiger partial charge in [-0.25, -0.2) is 9.97 Å². The third kappa shape index (κ3) is 8.85. The Bertz CT molecular complexity index is 6350. The summed E-state index contributed by atoms with van der Waals surface area (Å²) in [5.41, 5.74) is 28.6. The Labute approximate surface area is 582 Å². The van der Waals surface area contributed by atoms with Crippen LogP contribution in [0.25, 0.3) is 177 Å². The molecule has 0 fully saturated rings. The second-order valence-electron chi connectivity index (χ2n) is 26.7. The van der Waals surface area contributed by atoms with Crippen LogP contribution in [0.3, 0.4) is 0 Å². The molecular weight excluding hydrogens is 1230 g/mol. The third-order valence-electron chi connectivity index (χ3n) is 21.2. The molecule has 1 aliphatic carbocycles. The molecule has 0 radical (unpaired) electrons. The standard InChI is InChI=1S/C95H60N6/c1-3-25-60(26-4-1)83-59-84(97-95(96-83)61-27-5-2-6-28-61)65-55-79(62-29-23-31-64(53-62)93-77-41-9-7-33-69(77)70-34-8-10-42-78(70)93)94(80(56-65)63-30-24-32-66(54-63)98-85-43-17-11-35-71(85)72-36-12-18-44-86(72)98)101-91-51-49-67(99-87-45-19-13-37-73(87)74-38-14-20-46-88(74)99)57-81(91)82-58-68(50-52-92(82)101)100-89-47-21-15-39-75(89)76-40-16-22-48-90(76)100/h1-59,93H. The molecule has 0 saturated heterocycles. The van der Waals surface area contributed by atoms with Gasteiger partial charge < -0.3 is 18.3 Å². The smallest absolute Gasteiger partial charge is 0.160 e. The molecule has 0 spiro atoms. The SMILES string of the molecule is c1ccc(-c2cc(-c3cc(-c4cccc(C5c6ccccc6-c6ccccc65)c4)c(-n4c5ccc(-n6c7ccccc7c7ccccc76)cc5c5cc(-n6c7ccccc7c7ccccc76)ccc54)c(-c4cccc(-n5c6ccccc6c6ccccc65)c4)c3)nc(-c3ccccc3)n2)cc1. The van der Waals surface area contributed by atoms with Crippen molar-refractivity contribution in [2.75, 3.05) is 0 Å². The number of benzene rings is 15. The molecule has 20 aromatic rings. The fourth-order valence-corrected chi connectivity index (χ4v) is 16.9. The Balaban J connectivity index is 0.907. The molecule has 5 heterocycles. The molecule has 101 heavy (non-hydrogen) atoms. The molecule has 0 N–H and O–H groups in total. The van der Waals surface area contributed by atoms with Crippen LogP contribution in [0, 0.1) is 0 Å². The maximum absolute atomic E-state index is 5.65. The molecule has 21 rings (SSSR count). The van der Waals surface area contributed by atoms with Gasteiger partial charge in [0.05, 0.1) is 61.2 Å². The average Bonchev–Trinajstić information content (AvgIpc) is 1.60. The highest BCUT2D eigenvalue weighted by Crippen LogP contribution is 2.51. The quantitative estimate of drug-likeness (QED) is 0.137. The zero-order valence-corrected chi connectivity index (χ0v) is 54.8. The lowest BCUT2D eigenvalue weighted by Crippen LogP contribution is -2.04. The van der Waals surface area contributed by atoms with Gasteiger partial charge in [-0.3, -0.25) is 0 Å². The van der Waals surface area contributed by atoms with Crippen molar-refractivity contribution in [1.82, 2.24) is 28.2 Å². The van der Waals surface area contributed by atoms with Crippen molar-refractivity contribution >= 4 is 87.2 Å². The summed E-state index contributed by atoms with van der Waals surface area (Å²) in [5, 5.41) is 9.57. The highest BCUT2D eigenvalue weighted by Gasteiger charge is 2.31. The van der Waals surface area contributed by atoms with Gasteiger partial charge in [0, 0.05) is 93.9 Å². The minimum absolute atomic E-state index is 0.00635. The second kappa shape index (κ2) is 22.6. The van der Waals surface area contributed by atoms with Crippen molar-refractivity contribution in [2.45, 2.75) is 5.92 Å². The van der Waals surface area contributed by atoms with Crippen LogP contribution in [0.5, 0.6) is 0 Å². The van der Waals surface area contributed by atoms with Gasteiger partial charge in [-0.1, -0.05) is 255 Å². The van der Waals surface area contributed by atoms with E-state index in [1.54, 1.807) is 0 Å². The maximum Gasteiger partial charge on any atom is 0.160 e. The minimum atomic E-state index is 0.00635. The number of para-hydroxylation sites is 6. The number of aromatic nitrogens is 6. The zero-order chi connectivity index (χ0) is 66.2. The zero-order valence-electron chi connectivity index (χ0n) is 54.8. The Morgan fingerprint density at radius 1 is 0.208 bits per heavy atom. The van der Waals surface area contributed by atoms with Crippen LogP contribution in [-0.4, -0.2) is 28.2 Å². The van der Waals surface area contributed by atoms with Gasteiger partial charge in [0.15, 0.2) is 5.82 Å². The number of nitrogens with zero attached hydrogens (tertiary/aromatic N) is 6. The first-order valence-electron chi connectivity index (χ1n) is 34.7.